The molecule has 0 aliphatic heterocycles. The van der Waals surface area contributed by atoms with Gasteiger partial charge in [0.1, 0.15) is 5.52 Å². The maximum Gasteiger partial charge on any atom is 0.268 e. The molecule has 2 rings (SSSR count). The third kappa shape index (κ3) is 0.812. The van der Waals surface area contributed by atoms with Crippen LogP contribution >= 0.6 is 0 Å². The SMILES string of the molecule is O=Cc1[nH+]cc(F)c2cc[nH]c12. The number of hydrogen-bond donors (Lipinski definition) is 1. The molecule has 0 spiro atoms. The maximum absolute atomic E-state index is 13.0. The minimum Gasteiger partial charge on any atom is -0.356 e. The number of fused-ring (bicyclic) bond motifs is 1. The van der Waals surface area contributed by atoms with E-state index in [-0.39, 0.29) is 5.82 Å². The van der Waals surface area contributed by atoms with E-state index in [9.17, 15) is 9.18 Å². The summed E-state index contributed by atoms with van der Waals surface area (Å²) < 4.78 is 13.0. The molecule has 0 saturated carbocycles. The Bertz CT molecular complexity index is 436. The van der Waals surface area contributed by atoms with Crippen LogP contribution in [0.15, 0.2) is 18.5 Å². The lowest BCUT2D eigenvalue weighted by molar-refractivity contribution is -0.381. The predicted octanol–water partition coefficient (Wildman–Crippen LogP) is 0.934. The lowest BCUT2D eigenvalue weighted by Crippen LogP contribution is -2.11. The van der Waals surface area contributed by atoms with Gasteiger partial charge >= 0.3 is 0 Å². The lowest BCUT2D eigenvalue weighted by atomic mass is 10.2. The van der Waals surface area contributed by atoms with Crippen LogP contribution < -0.4 is 4.98 Å². The van der Waals surface area contributed by atoms with Gasteiger partial charge in [-0.25, -0.2) is 4.98 Å². The van der Waals surface area contributed by atoms with Crippen molar-refractivity contribution in [2.75, 3.05) is 0 Å². The Morgan fingerprint density at radius 2 is 2.42 bits per heavy atom. The summed E-state index contributed by atoms with van der Waals surface area (Å²) in [6.45, 7) is 0. The first-order valence-electron chi connectivity index (χ1n) is 3.45. The number of carbonyl (C=O) groups excluding carboxylic acids is 1. The number of halogens is 1. The quantitative estimate of drug-likeness (QED) is 0.628. The Hall–Kier alpha value is -1.71. The van der Waals surface area contributed by atoms with E-state index in [2.05, 4.69) is 9.97 Å². The van der Waals surface area contributed by atoms with E-state index in [0.29, 0.717) is 22.9 Å². The fraction of sp³-hybridized carbons (Fsp3) is 0. The second kappa shape index (κ2) is 2.41. The molecule has 2 aromatic rings. The third-order valence-corrected chi connectivity index (χ3v) is 1.75. The van der Waals surface area contributed by atoms with Crippen molar-refractivity contribution in [2.24, 2.45) is 0 Å². The highest BCUT2D eigenvalue weighted by Crippen LogP contribution is 2.14. The van der Waals surface area contributed by atoms with Crippen molar-refractivity contribution in [3.8, 4) is 0 Å². The Morgan fingerprint density at radius 1 is 1.58 bits per heavy atom. The van der Waals surface area contributed by atoms with Crippen molar-refractivity contribution in [3.63, 3.8) is 0 Å². The van der Waals surface area contributed by atoms with Crippen molar-refractivity contribution in [1.29, 1.82) is 0 Å². The fourth-order valence-electron chi connectivity index (χ4n) is 1.18. The zero-order valence-electron chi connectivity index (χ0n) is 6.10. The summed E-state index contributed by atoms with van der Waals surface area (Å²) in [4.78, 5) is 15.8. The molecular weight excluding hydrogens is 159 g/mol. The third-order valence-electron chi connectivity index (χ3n) is 1.75. The fourth-order valence-corrected chi connectivity index (χ4v) is 1.18. The van der Waals surface area contributed by atoms with Crippen LogP contribution in [-0.2, 0) is 0 Å². The van der Waals surface area contributed by atoms with Crippen LogP contribution in [0.2, 0.25) is 0 Å². The number of rotatable bonds is 1. The van der Waals surface area contributed by atoms with Crippen molar-refractivity contribution in [2.45, 2.75) is 0 Å². The van der Waals surface area contributed by atoms with Gasteiger partial charge in [-0.3, -0.25) is 4.79 Å². The Kier molecular flexibility index (Phi) is 1.40. The van der Waals surface area contributed by atoms with E-state index in [1.807, 2.05) is 0 Å². The molecule has 0 bridgehead atoms. The first-order chi connectivity index (χ1) is 5.83. The Balaban J connectivity index is 2.91. The van der Waals surface area contributed by atoms with Crippen LogP contribution in [0.4, 0.5) is 4.39 Å². The summed E-state index contributed by atoms with van der Waals surface area (Å²) in [5, 5.41) is 0.427. The van der Waals surface area contributed by atoms with Gasteiger partial charge in [0, 0.05) is 11.6 Å². The summed E-state index contributed by atoms with van der Waals surface area (Å²) >= 11 is 0. The van der Waals surface area contributed by atoms with Gasteiger partial charge in [0.05, 0.1) is 0 Å². The normalized spacial score (nSPS) is 10.4. The molecule has 0 fully saturated rings. The van der Waals surface area contributed by atoms with Crippen molar-refractivity contribution < 1.29 is 14.2 Å². The number of aldehydes is 1. The van der Waals surface area contributed by atoms with Crippen LogP contribution in [0.3, 0.4) is 0 Å². The van der Waals surface area contributed by atoms with E-state index in [1.165, 1.54) is 6.20 Å². The van der Waals surface area contributed by atoms with Gasteiger partial charge in [0.2, 0.25) is 12.5 Å². The van der Waals surface area contributed by atoms with Crippen molar-refractivity contribution in [3.05, 3.63) is 30.0 Å². The zero-order chi connectivity index (χ0) is 8.55. The molecule has 0 aromatic carbocycles. The van der Waals surface area contributed by atoms with Crippen LogP contribution in [0, 0.1) is 5.82 Å². The molecular formula is C8H6FN2O+. The first kappa shape index (κ1) is 6.97. The van der Waals surface area contributed by atoms with Gasteiger partial charge < -0.3 is 4.98 Å². The van der Waals surface area contributed by atoms with E-state index >= 15 is 0 Å². The largest absolute Gasteiger partial charge is 0.356 e. The van der Waals surface area contributed by atoms with Gasteiger partial charge in [0.15, 0.2) is 5.82 Å². The second-order valence-corrected chi connectivity index (χ2v) is 2.43. The predicted molar refractivity (Wildman–Crippen MR) is 40.2 cm³/mol. The first-order valence-corrected chi connectivity index (χ1v) is 3.45. The molecule has 2 N–H and O–H groups in total. The van der Waals surface area contributed by atoms with E-state index in [4.69, 9.17) is 0 Å². The van der Waals surface area contributed by atoms with E-state index in [0.717, 1.165) is 0 Å². The van der Waals surface area contributed by atoms with Crippen molar-refractivity contribution >= 4 is 17.2 Å². The minimum atomic E-state index is -0.364. The molecule has 0 aliphatic rings. The molecule has 60 valence electrons. The van der Waals surface area contributed by atoms with Gasteiger partial charge in [-0.15, -0.1) is 0 Å². The summed E-state index contributed by atoms with van der Waals surface area (Å²) in [6.07, 6.45) is 3.41. The molecule has 4 heteroatoms. The van der Waals surface area contributed by atoms with E-state index < -0.39 is 0 Å². The zero-order valence-corrected chi connectivity index (χ0v) is 6.10. The number of H-pyrrole nitrogens is 2. The number of aromatic nitrogens is 2. The molecule has 0 aliphatic carbocycles. The van der Waals surface area contributed by atoms with Gasteiger partial charge in [-0.1, -0.05) is 0 Å². The molecule has 12 heavy (non-hydrogen) atoms. The maximum atomic E-state index is 13.0. The smallest absolute Gasteiger partial charge is 0.268 e. The highest BCUT2D eigenvalue weighted by Gasteiger charge is 2.11. The van der Waals surface area contributed by atoms with Crippen LogP contribution in [-0.4, -0.2) is 11.3 Å². The number of pyridine rings is 1. The number of nitrogens with one attached hydrogen (secondary N) is 2. The molecule has 0 atom stereocenters. The molecule has 2 aromatic heterocycles. The van der Waals surface area contributed by atoms with Crippen LogP contribution in [0.25, 0.3) is 10.9 Å². The Labute approximate surface area is 67.2 Å². The molecule has 2 heterocycles. The van der Waals surface area contributed by atoms with E-state index in [1.54, 1.807) is 12.3 Å². The highest BCUT2D eigenvalue weighted by atomic mass is 19.1. The van der Waals surface area contributed by atoms with Crippen LogP contribution in [0.5, 0.6) is 0 Å². The monoisotopic (exact) mass is 165 g/mol. The van der Waals surface area contributed by atoms with Gasteiger partial charge in [-0.2, -0.15) is 4.39 Å². The molecule has 0 amide bonds. The average Bonchev–Trinajstić information content (AvgIpc) is 2.54. The minimum absolute atomic E-state index is 0.358. The standard InChI is InChI=1S/C8H5FN2O/c9-6-3-11-7(4-12)8-5(6)1-2-10-8/h1-4,10H/p+1. The summed E-state index contributed by atoms with van der Waals surface area (Å²) in [5.41, 5.74) is 0.862. The number of hydrogen-bond acceptors (Lipinski definition) is 1. The number of carbonyl (C=O) groups is 1. The number of aromatic amines is 2. The van der Waals surface area contributed by atoms with Gasteiger partial charge in [0.25, 0.3) is 5.69 Å². The lowest BCUT2D eigenvalue weighted by Gasteiger charge is -1.88. The summed E-state index contributed by atoms with van der Waals surface area (Å²) in [5.74, 6) is -0.364. The average molecular weight is 165 g/mol. The Morgan fingerprint density at radius 3 is 3.17 bits per heavy atom. The molecule has 0 radical (unpaired) electrons. The van der Waals surface area contributed by atoms with Crippen molar-refractivity contribution in [1.82, 2.24) is 4.98 Å². The van der Waals surface area contributed by atoms with Crippen LogP contribution in [0.1, 0.15) is 10.5 Å². The summed E-state index contributed by atoms with van der Waals surface area (Å²) in [6, 6.07) is 1.59. The highest BCUT2D eigenvalue weighted by molar-refractivity contribution is 5.92. The molecule has 0 unspecified atom stereocenters. The topological polar surface area (TPSA) is 47.0 Å². The van der Waals surface area contributed by atoms with Gasteiger partial charge in [-0.05, 0) is 6.07 Å². The summed E-state index contributed by atoms with van der Waals surface area (Å²) in [7, 11) is 0. The second-order valence-electron chi connectivity index (χ2n) is 2.43. The molecule has 0 saturated heterocycles. The molecule has 3 nitrogen and oxygen atoms in total.